The van der Waals surface area contributed by atoms with Gasteiger partial charge in [0, 0.05) is 45.3 Å². The van der Waals surface area contributed by atoms with Crippen LogP contribution in [0.2, 0.25) is 0 Å². The lowest BCUT2D eigenvalue weighted by Crippen LogP contribution is -2.47. The van der Waals surface area contributed by atoms with Crippen LogP contribution in [-0.4, -0.2) is 74.4 Å². The van der Waals surface area contributed by atoms with E-state index in [2.05, 4.69) is 47.2 Å². The highest BCUT2D eigenvalue weighted by molar-refractivity contribution is 5.37. The number of piperazine rings is 1. The van der Waals surface area contributed by atoms with E-state index in [-0.39, 0.29) is 6.61 Å². The number of likely N-dealkylation sites (N-methyl/N-ethyl adjacent to an activating group) is 1. The van der Waals surface area contributed by atoms with E-state index in [0.29, 0.717) is 12.6 Å². The van der Waals surface area contributed by atoms with Crippen molar-refractivity contribution < 1.29 is 9.84 Å². The third-order valence-corrected chi connectivity index (χ3v) is 4.68. The molecule has 0 radical (unpaired) electrons. The van der Waals surface area contributed by atoms with Gasteiger partial charge in [-0.05, 0) is 30.7 Å². The number of nitrogens with one attached hydrogen (secondary N) is 1. The van der Waals surface area contributed by atoms with E-state index in [4.69, 9.17) is 4.74 Å². The molecule has 2 N–H and O–H groups in total. The van der Waals surface area contributed by atoms with E-state index in [0.717, 1.165) is 50.6 Å². The Hall–Kier alpha value is -1.14. The van der Waals surface area contributed by atoms with Crippen molar-refractivity contribution in [2.24, 2.45) is 0 Å². The Kier molecular flexibility index (Phi) is 7.30. The molecular weight excluding hydrogens is 290 g/mol. The summed E-state index contributed by atoms with van der Waals surface area (Å²) in [4.78, 5) is 4.88. The highest BCUT2D eigenvalue weighted by atomic mass is 16.5. The van der Waals surface area contributed by atoms with Crippen molar-refractivity contribution in [2.45, 2.75) is 19.9 Å². The molecule has 0 aromatic heterocycles. The highest BCUT2D eigenvalue weighted by Gasteiger charge is 2.23. The normalized spacial score (nSPS) is 17.4. The van der Waals surface area contributed by atoms with Gasteiger partial charge >= 0.3 is 0 Å². The number of ether oxygens (including phenoxy) is 1. The van der Waals surface area contributed by atoms with Gasteiger partial charge in [-0.1, -0.05) is 19.1 Å². The van der Waals surface area contributed by atoms with Gasteiger partial charge in [-0.3, -0.25) is 9.80 Å². The van der Waals surface area contributed by atoms with Crippen LogP contribution in [-0.2, 0) is 0 Å². The summed E-state index contributed by atoms with van der Waals surface area (Å²) in [5.41, 5.74) is 2.47. The van der Waals surface area contributed by atoms with E-state index in [9.17, 15) is 5.11 Å². The van der Waals surface area contributed by atoms with Gasteiger partial charge in [0.2, 0.25) is 0 Å². The van der Waals surface area contributed by atoms with Gasteiger partial charge in [0.05, 0.1) is 13.7 Å². The van der Waals surface area contributed by atoms with Crippen LogP contribution in [0.1, 0.15) is 24.1 Å². The van der Waals surface area contributed by atoms with Crippen LogP contribution < -0.4 is 10.1 Å². The van der Waals surface area contributed by atoms with E-state index in [1.54, 1.807) is 7.11 Å². The van der Waals surface area contributed by atoms with Gasteiger partial charge in [0.15, 0.2) is 0 Å². The molecule has 130 valence electrons. The molecule has 0 aliphatic carbocycles. The zero-order chi connectivity index (χ0) is 16.7. The zero-order valence-corrected chi connectivity index (χ0v) is 14.7. The summed E-state index contributed by atoms with van der Waals surface area (Å²) in [6.07, 6.45) is 0. The van der Waals surface area contributed by atoms with Gasteiger partial charge < -0.3 is 15.2 Å². The molecule has 0 bridgehead atoms. The molecule has 1 aromatic rings. The van der Waals surface area contributed by atoms with Crippen molar-refractivity contribution in [2.75, 3.05) is 59.5 Å². The standard InChI is InChI=1S/C18H31N3O2/c1-4-21(11-12-22)17(14-20-9-7-19-8-10-20)16-5-6-18(23-3)15(2)13-16/h5-6,13,17,19,22H,4,7-12,14H2,1-3H3. The average Bonchev–Trinajstić information content (AvgIpc) is 2.59. The fourth-order valence-electron chi connectivity index (χ4n) is 3.34. The molecule has 0 spiro atoms. The molecule has 1 aliphatic rings. The second-order valence-corrected chi connectivity index (χ2v) is 6.15. The molecule has 0 saturated carbocycles. The van der Waals surface area contributed by atoms with E-state index < -0.39 is 0 Å². The molecule has 2 rings (SSSR count). The van der Waals surface area contributed by atoms with Crippen LogP contribution in [0.3, 0.4) is 0 Å². The summed E-state index contributed by atoms with van der Waals surface area (Å²) >= 11 is 0. The molecule has 1 aromatic carbocycles. The Morgan fingerprint density at radius 3 is 2.65 bits per heavy atom. The van der Waals surface area contributed by atoms with Crippen LogP contribution in [0.25, 0.3) is 0 Å². The van der Waals surface area contributed by atoms with Gasteiger partial charge in [0.25, 0.3) is 0 Å². The number of hydrogen-bond acceptors (Lipinski definition) is 5. The Morgan fingerprint density at radius 2 is 2.09 bits per heavy atom. The number of rotatable bonds is 8. The summed E-state index contributed by atoms with van der Waals surface area (Å²) in [6.45, 7) is 11.4. The molecule has 1 unspecified atom stereocenters. The van der Waals surface area contributed by atoms with Crippen molar-refractivity contribution >= 4 is 0 Å². The van der Waals surface area contributed by atoms with Crippen LogP contribution in [0, 0.1) is 6.92 Å². The minimum absolute atomic E-state index is 0.195. The van der Waals surface area contributed by atoms with Crippen molar-refractivity contribution in [3.8, 4) is 5.75 Å². The van der Waals surface area contributed by atoms with Gasteiger partial charge in [-0.2, -0.15) is 0 Å². The largest absolute Gasteiger partial charge is 0.496 e. The molecule has 0 amide bonds. The van der Waals surface area contributed by atoms with Gasteiger partial charge in [-0.25, -0.2) is 0 Å². The second-order valence-electron chi connectivity index (χ2n) is 6.15. The third kappa shape index (κ3) is 4.91. The molecule has 23 heavy (non-hydrogen) atoms. The Labute approximate surface area is 140 Å². The first-order chi connectivity index (χ1) is 11.2. The quantitative estimate of drug-likeness (QED) is 0.755. The number of aliphatic hydroxyl groups excluding tert-OH is 1. The first-order valence-electron chi connectivity index (χ1n) is 8.62. The maximum absolute atomic E-state index is 9.42. The minimum atomic E-state index is 0.195. The summed E-state index contributed by atoms with van der Waals surface area (Å²) in [7, 11) is 1.71. The van der Waals surface area contributed by atoms with Crippen LogP contribution >= 0.6 is 0 Å². The van der Waals surface area contributed by atoms with Crippen molar-refractivity contribution in [1.29, 1.82) is 0 Å². The van der Waals surface area contributed by atoms with Crippen LogP contribution in [0.4, 0.5) is 0 Å². The van der Waals surface area contributed by atoms with Gasteiger partial charge in [0.1, 0.15) is 5.75 Å². The molecule has 1 saturated heterocycles. The Balaban J connectivity index is 2.21. The number of aliphatic hydroxyl groups is 1. The van der Waals surface area contributed by atoms with E-state index in [1.807, 2.05) is 0 Å². The third-order valence-electron chi connectivity index (χ3n) is 4.68. The maximum atomic E-state index is 9.42. The average molecular weight is 321 g/mol. The number of hydrogen-bond donors (Lipinski definition) is 2. The number of nitrogens with zero attached hydrogens (tertiary/aromatic N) is 2. The van der Waals surface area contributed by atoms with E-state index in [1.165, 1.54) is 5.56 Å². The number of methoxy groups -OCH3 is 1. The predicted molar refractivity (Wildman–Crippen MR) is 94.1 cm³/mol. The fourth-order valence-corrected chi connectivity index (χ4v) is 3.34. The SMILES string of the molecule is CCN(CCO)C(CN1CCNCC1)c1ccc(OC)c(C)c1. The van der Waals surface area contributed by atoms with Gasteiger partial charge in [-0.15, -0.1) is 0 Å². The fraction of sp³-hybridized carbons (Fsp3) is 0.667. The highest BCUT2D eigenvalue weighted by Crippen LogP contribution is 2.27. The molecule has 5 heteroatoms. The molecule has 1 atom stereocenters. The van der Waals surface area contributed by atoms with E-state index >= 15 is 0 Å². The summed E-state index contributed by atoms with van der Waals surface area (Å²) in [5, 5.41) is 12.8. The first kappa shape index (κ1) is 18.2. The first-order valence-corrected chi connectivity index (χ1v) is 8.62. The van der Waals surface area contributed by atoms with Crippen molar-refractivity contribution in [3.05, 3.63) is 29.3 Å². The summed E-state index contributed by atoms with van der Waals surface area (Å²) in [6, 6.07) is 6.75. The maximum Gasteiger partial charge on any atom is 0.121 e. The molecule has 1 fully saturated rings. The second kappa shape index (κ2) is 9.23. The smallest absolute Gasteiger partial charge is 0.121 e. The molecule has 1 aliphatic heterocycles. The summed E-state index contributed by atoms with van der Waals surface area (Å²) < 4.78 is 5.39. The summed E-state index contributed by atoms with van der Waals surface area (Å²) in [5.74, 6) is 0.930. The monoisotopic (exact) mass is 321 g/mol. The lowest BCUT2D eigenvalue weighted by molar-refractivity contribution is 0.113. The Morgan fingerprint density at radius 1 is 1.35 bits per heavy atom. The minimum Gasteiger partial charge on any atom is -0.496 e. The topological polar surface area (TPSA) is 48.0 Å². The molecule has 1 heterocycles. The molecular formula is C18H31N3O2. The Bertz CT molecular complexity index is 475. The molecule has 5 nitrogen and oxygen atoms in total. The lowest BCUT2D eigenvalue weighted by atomic mass is 10.0. The van der Waals surface area contributed by atoms with Crippen molar-refractivity contribution in [3.63, 3.8) is 0 Å². The number of benzene rings is 1. The van der Waals surface area contributed by atoms with Crippen LogP contribution in [0.5, 0.6) is 5.75 Å². The van der Waals surface area contributed by atoms with Crippen LogP contribution in [0.15, 0.2) is 18.2 Å². The lowest BCUT2D eigenvalue weighted by Gasteiger charge is -2.37. The zero-order valence-electron chi connectivity index (χ0n) is 14.7. The predicted octanol–water partition coefficient (Wildman–Crippen LogP) is 1.26. The van der Waals surface area contributed by atoms with Crippen molar-refractivity contribution in [1.82, 2.24) is 15.1 Å². The number of aryl methyl sites for hydroxylation is 1.